The first-order chi connectivity index (χ1) is 30.2. The lowest BCUT2D eigenvalue weighted by Gasteiger charge is -2.29. The second-order valence-electron chi connectivity index (χ2n) is 15.8. The third kappa shape index (κ3) is 11.1. The Morgan fingerprint density at radius 2 is 0.951 bits per heavy atom. The fraction of sp³-hybridized carbons (Fsp3) is 0.100. The number of rotatable bonds is 15. The predicted molar refractivity (Wildman–Crippen MR) is 264 cm³/mol. The highest BCUT2D eigenvalue weighted by molar-refractivity contribution is 5.79. The molecule has 298 valence electrons. The molecule has 7 aromatic rings. The largest absolute Gasteiger partial charge is 0.310 e. The monoisotopic (exact) mass is 787 g/mol. The highest BCUT2D eigenvalue weighted by atomic mass is 15.1. The van der Waals surface area contributed by atoms with Crippen LogP contribution in [-0.4, -0.2) is 0 Å². The zero-order valence-corrected chi connectivity index (χ0v) is 34.9. The first-order valence-electron chi connectivity index (χ1n) is 21.5. The van der Waals surface area contributed by atoms with Crippen LogP contribution in [0, 0.1) is 5.92 Å². The highest BCUT2D eigenvalue weighted by Crippen LogP contribution is 2.41. The second-order valence-corrected chi connectivity index (χ2v) is 15.8. The number of allylic oxidation sites excluding steroid dienone is 8. The fourth-order valence-electron chi connectivity index (χ4n) is 8.26. The van der Waals surface area contributed by atoms with Crippen LogP contribution >= 0.6 is 0 Å². The molecule has 0 amide bonds. The Kier molecular flexibility index (Phi) is 13.7. The van der Waals surface area contributed by atoms with E-state index in [2.05, 4.69) is 267 Å². The van der Waals surface area contributed by atoms with Gasteiger partial charge in [-0.1, -0.05) is 231 Å². The third-order valence-electron chi connectivity index (χ3n) is 11.6. The summed E-state index contributed by atoms with van der Waals surface area (Å²) >= 11 is 0. The van der Waals surface area contributed by atoms with Gasteiger partial charge < -0.3 is 4.90 Å². The summed E-state index contributed by atoms with van der Waals surface area (Å²) in [6.45, 7) is 2.41. The number of benzene rings is 7. The summed E-state index contributed by atoms with van der Waals surface area (Å²) in [5, 5.41) is 0. The van der Waals surface area contributed by atoms with Gasteiger partial charge in [-0.25, -0.2) is 0 Å². The maximum absolute atomic E-state index is 2.41. The predicted octanol–water partition coefficient (Wildman–Crippen LogP) is 16.7. The Balaban J connectivity index is 1.00. The van der Waals surface area contributed by atoms with Gasteiger partial charge in [-0.2, -0.15) is 0 Å². The Morgan fingerprint density at radius 1 is 0.459 bits per heavy atom. The van der Waals surface area contributed by atoms with E-state index in [0.29, 0.717) is 17.8 Å². The molecular formula is C60H53N. The van der Waals surface area contributed by atoms with E-state index < -0.39 is 0 Å². The zero-order chi connectivity index (χ0) is 41.5. The molecule has 1 aliphatic rings. The summed E-state index contributed by atoms with van der Waals surface area (Å²) < 4.78 is 0. The van der Waals surface area contributed by atoms with E-state index >= 15 is 0 Å². The van der Waals surface area contributed by atoms with Crippen LogP contribution in [0.3, 0.4) is 0 Å². The van der Waals surface area contributed by atoms with Crippen LogP contribution in [0.1, 0.15) is 65.0 Å². The molecule has 0 heterocycles. The number of anilines is 3. The minimum atomic E-state index is 0.345. The van der Waals surface area contributed by atoms with Gasteiger partial charge in [0.25, 0.3) is 0 Å². The molecule has 61 heavy (non-hydrogen) atoms. The quantitative estimate of drug-likeness (QED) is 0.0936. The van der Waals surface area contributed by atoms with Gasteiger partial charge in [-0.05, 0) is 112 Å². The standard InChI is InChI=1S/C60H53N/c1-47(60(46-52-26-10-4-11-27-52)56-32-18-30-50(44-56)28-16-14-24-48-20-6-2-7-21-48)53-36-38-54(39-37-53)55-40-42-58(43-41-55)61(57-33-12-5-13-34-57)59-35-19-31-51(45-59)29-17-15-25-49-22-8-3-9-23-49/h2-26,28-45,47,52,60H,27,46H2,1H3. The van der Waals surface area contributed by atoms with Gasteiger partial charge in [0.05, 0.1) is 0 Å². The van der Waals surface area contributed by atoms with Gasteiger partial charge in [-0.15, -0.1) is 0 Å². The maximum Gasteiger partial charge on any atom is 0.0467 e. The van der Waals surface area contributed by atoms with Gasteiger partial charge in [0.1, 0.15) is 0 Å². The molecule has 8 rings (SSSR count). The van der Waals surface area contributed by atoms with Crippen molar-refractivity contribution >= 4 is 41.4 Å². The lowest BCUT2D eigenvalue weighted by Crippen LogP contribution is -2.13. The third-order valence-corrected chi connectivity index (χ3v) is 11.6. The molecule has 0 fully saturated rings. The minimum Gasteiger partial charge on any atom is -0.310 e. The average Bonchev–Trinajstić information content (AvgIpc) is 3.33. The summed E-state index contributed by atoms with van der Waals surface area (Å²) in [6, 6.07) is 67.6. The number of nitrogens with zero attached hydrogens (tertiary/aromatic N) is 1. The van der Waals surface area contributed by atoms with Crippen LogP contribution in [0.15, 0.2) is 237 Å². The minimum absolute atomic E-state index is 0.345. The zero-order valence-electron chi connectivity index (χ0n) is 34.9. The van der Waals surface area contributed by atoms with Crippen molar-refractivity contribution in [3.05, 3.63) is 270 Å². The van der Waals surface area contributed by atoms with Crippen molar-refractivity contribution in [3.63, 3.8) is 0 Å². The van der Waals surface area contributed by atoms with E-state index in [-0.39, 0.29) is 0 Å². The van der Waals surface area contributed by atoms with Gasteiger partial charge >= 0.3 is 0 Å². The van der Waals surface area contributed by atoms with E-state index in [1.807, 2.05) is 6.07 Å². The van der Waals surface area contributed by atoms with Crippen LogP contribution in [-0.2, 0) is 0 Å². The molecule has 0 radical (unpaired) electrons. The molecule has 0 spiro atoms. The van der Waals surface area contributed by atoms with Gasteiger partial charge in [0.2, 0.25) is 0 Å². The Labute approximate surface area is 363 Å². The molecule has 0 aromatic heterocycles. The van der Waals surface area contributed by atoms with Crippen LogP contribution in [0.4, 0.5) is 17.1 Å². The smallest absolute Gasteiger partial charge is 0.0467 e. The van der Waals surface area contributed by atoms with Crippen molar-refractivity contribution in [1.29, 1.82) is 0 Å². The van der Waals surface area contributed by atoms with E-state index in [1.54, 1.807) is 0 Å². The Bertz CT molecular complexity index is 2630. The molecule has 0 bridgehead atoms. The average molecular weight is 788 g/mol. The van der Waals surface area contributed by atoms with E-state index in [9.17, 15) is 0 Å². The van der Waals surface area contributed by atoms with E-state index in [0.717, 1.165) is 35.5 Å². The normalized spacial score (nSPS) is 14.9. The summed E-state index contributed by atoms with van der Waals surface area (Å²) in [6.07, 6.45) is 28.4. The molecule has 1 aliphatic carbocycles. The molecule has 0 saturated carbocycles. The summed E-state index contributed by atoms with van der Waals surface area (Å²) in [7, 11) is 0. The van der Waals surface area contributed by atoms with Crippen LogP contribution < -0.4 is 4.90 Å². The summed E-state index contributed by atoms with van der Waals surface area (Å²) in [5.41, 5.74) is 13.3. The summed E-state index contributed by atoms with van der Waals surface area (Å²) in [4.78, 5) is 2.33. The van der Waals surface area contributed by atoms with Crippen molar-refractivity contribution < 1.29 is 0 Å². The lowest BCUT2D eigenvalue weighted by molar-refractivity contribution is 0.458. The molecule has 0 aliphatic heterocycles. The van der Waals surface area contributed by atoms with E-state index in [4.69, 9.17) is 0 Å². The van der Waals surface area contributed by atoms with Crippen molar-refractivity contribution in [2.75, 3.05) is 4.90 Å². The number of hydrogen-bond acceptors (Lipinski definition) is 1. The molecule has 3 unspecified atom stereocenters. The number of hydrogen-bond donors (Lipinski definition) is 0. The fourth-order valence-corrected chi connectivity index (χ4v) is 8.26. The van der Waals surface area contributed by atoms with Crippen molar-refractivity contribution in [3.8, 4) is 11.1 Å². The molecule has 0 saturated heterocycles. The van der Waals surface area contributed by atoms with Crippen LogP contribution in [0.5, 0.6) is 0 Å². The molecule has 7 aromatic carbocycles. The lowest BCUT2D eigenvalue weighted by atomic mass is 9.76. The Hall–Kier alpha value is -7.22. The van der Waals surface area contributed by atoms with E-state index in [1.165, 1.54) is 38.9 Å². The van der Waals surface area contributed by atoms with Crippen molar-refractivity contribution in [2.45, 2.75) is 31.6 Å². The summed E-state index contributed by atoms with van der Waals surface area (Å²) in [5.74, 6) is 1.25. The SMILES string of the molecule is CC(c1ccc(-c2ccc(N(c3ccccc3)c3cccc(C=CC=Cc4ccccc4)c3)cc2)cc1)C(CC1C=CC=CC1)c1cccc(C=CC=Cc2ccccc2)c1. The van der Waals surface area contributed by atoms with Crippen molar-refractivity contribution in [1.82, 2.24) is 0 Å². The van der Waals surface area contributed by atoms with Gasteiger partial charge in [0, 0.05) is 17.1 Å². The molecule has 1 nitrogen and oxygen atoms in total. The van der Waals surface area contributed by atoms with Gasteiger partial charge in [0.15, 0.2) is 0 Å². The van der Waals surface area contributed by atoms with Crippen molar-refractivity contribution in [2.24, 2.45) is 5.92 Å². The van der Waals surface area contributed by atoms with Crippen LogP contribution in [0.25, 0.3) is 35.4 Å². The first kappa shape index (κ1) is 40.6. The van der Waals surface area contributed by atoms with Gasteiger partial charge in [-0.3, -0.25) is 0 Å². The topological polar surface area (TPSA) is 3.24 Å². The molecule has 0 N–H and O–H groups in total. The number of para-hydroxylation sites is 1. The molecule has 1 heteroatoms. The maximum atomic E-state index is 2.41. The molecule has 3 atom stereocenters. The Morgan fingerprint density at radius 3 is 1.54 bits per heavy atom. The first-order valence-corrected chi connectivity index (χ1v) is 21.5. The molecular weight excluding hydrogens is 735 g/mol. The highest BCUT2D eigenvalue weighted by Gasteiger charge is 2.24. The second kappa shape index (κ2) is 20.7. The van der Waals surface area contributed by atoms with Crippen LogP contribution in [0.2, 0.25) is 0 Å².